The van der Waals surface area contributed by atoms with Crippen LogP contribution in [0.2, 0.25) is 0 Å². The Labute approximate surface area is 129 Å². The second-order valence-electron chi connectivity index (χ2n) is 5.61. The molecule has 2 rings (SSSR count). The number of aromatic hydroxyl groups is 1. The second kappa shape index (κ2) is 6.62. The lowest BCUT2D eigenvalue weighted by Gasteiger charge is -2.07. The number of nitrogens with zero attached hydrogens (tertiary/aromatic N) is 2. The molecular weight excluding hydrogens is 282 g/mol. The molecule has 22 heavy (non-hydrogen) atoms. The summed E-state index contributed by atoms with van der Waals surface area (Å²) in [4.78, 5) is 11.9. The molecule has 0 aliphatic carbocycles. The first kappa shape index (κ1) is 16.0. The second-order valence-corrected chi connectivity index (χ2v) is 5.61. The van der Waals surface area contributed by atoms with Crippen molar-refractivity contribution in [3.63, 3.8) is 0 Å². The minimum atomic E-state index is -0.656. The summed E-state index contributed by atoms with van der Waals surface area (Å²) in [6.07, 6.45) is 0.735. The number of carbonyl (C=O) groups excluding carboxylic acids is 1. The molecule has 0 fully saturated rings. The van der Waals surface area contributed by atoms with E-state index in [1.165, 1.54) is 16.4 Å². The zero-order valence-corrected chi connectivity index (χ0v) is 12.9. The Morgan fingerprint density at radius 3 is 2.45 bits per heavy atom. The van der Waals surface area contributed by atoms with Gasteiger partial charge < -0.3 is 15.5 Å². The fourth-order valence-electron chi connectivity index (χ4n) is 1.99. The van der Waals surface area contributed by atoms with Crippen LogP contribution in [0.1, 0.15) is 42.7 Å². The molecule has 118 valence electrons. The molecule has 3 N–H and O–H groups in total. The van der Waals surface area contributed by atoms with Crippen molar-refractivity contribution in [2.75, 3.05) is 6.54 Å². The Hall–Kier alpha value is -2.34. The van der Waals surface area contributed by atoms with Crippen LogP contribution < -0.4 is 5.32 Å². The monoisotopic (exact) mass is 303 g/mol. The highest BCUT2D eigenvalue weighted by atomic mass is 16.3. The summed E-state index contributed by atoms with van der Waals surface area (Å²) < 4.78 is 1.46. The summed E-state index contributed by atoms with van der Waals surface area (Å²) in [5, 5.41) is 25.6. The number of carbonyl (C=O) groups is 1. The number of benzene rings is 1. The van der Waals surface area contributed by atoms with Crippen LogP contribution in [-0.4, -0.2) is 38.5 Å². The number of aromatic nitrogens is 2. The van der Waals surface area contributed by atoms with Gasteiger partial charge in [-0.2, -0.15) is 5.10 Å². The molecule has 1 aromatic heterocycles. The number of rotatable bonds is 5. The Balaban J connectivity index is 2.20. The first-order valence-corrected chi connectivity index (χ1v) is 7.23. The average molecular weight is 303 g/mol. The molecule has 1 unspecified atom stereocenters. The van der Waals surface area contributed by atoms with Crippen LogP contribution in [0, 0.1) is 0 Å². The van der Waals surface area contributed by atoms with E-state index in [0.29, 0.717) is 5.92 Å². The zero-order chi connectivity index (χ0) is 16.3. The van der Waals surface area contributed by atoms with Gasteiger partial charge in [0.25, 0.3) is 5.91 Å². The third-order valence-electron chi connectivity index (χ3n) is 3.29. The molecule has 1 atom stereocenters. The van der Waals surface area contributed by atoms with E-state index in [1.807, 2.05) is 24.3 Å². The smallest absolute Gasteiger partial charge is 0.275 e. The minimum Gasteiger partial charge on any atom is -0.504 e. The van der Waals surface area contributed by atoms with Gasteiger partial charge in [0.1, 0.15) is 0 Å². The van der Waals surface area contributed by atoms with Gasteiger partial charge in [0.2, 0.25) is 0 Å². The maximum atomic E-state index is 11.9. The van der Waals surface area contributed by atoms with Gasteiger partial charge in [-0.15, -0.1) is 0 Å². The van der Waals surface area contributed by atoms with Gasteiger partial charge in [0, 0.05) is 6.54 Å². The van der Waals surface area contributed by atoms with Gasteiger partial charge in [0.15, 0.2) is 11.4 Å². The van der Waals surface area contributed by atoms with E-state index in [1.54, 1.807) is 6.92 Å². The van der Waals surface area contributed by atoms with Crippen molar-refractivity contribution in [1.82, 2.24) is 15.1 Å². The fourth-order valence-corrected chi connectivity index (χ4v) is 1.99. The Morgan fingerprint density at radius 1 is 1.27 bits per heavy atom. The predicted molar refractivity (Wildman–Crippen MR) is 83.3 cm³/mol. The lowest BCUT2D eigenvalue weighted by Crippen LogP contribution is -2.30. The number of aliphatic hydroxyl groups excluding tert-OH is 1. The average Bonchev–Trinajstić information content (AvgIpc) is 2.87. The fraction of sp³-hybridized carbons (Fsp3) is 0.375. The molecule has 1 heterocycles. The molecule has 0 saturated heterocycles. The lowest BCUT2D eigenvalue weighted by atomic mass is 10.0. The summed E-state index contributed by atoms with van der Waals surface area (Å²) >= 11 is 0. The van der Waals surface area contributed by atoms with E-state index < -0.39 is 12.0 Å². The number of nitrogens with one attached hydrogen (secondary N) is 1. The summed E-state index contributed by atoms with van der Waals surface area (Å²) in [5.41, 5.74) is 1.90. The van der Waals surface area contributed by atoms with Crippen molar-refractivity contribution in [3.05, 3.63) is 41.7 Å². The molecular formula is C16H21N3O3. The quantitative estimate of drug-likeness (QED) is 0.786. The maximum absolute atomic E-state index is 11.9. The Morgan fingerprint density at radius 2 is 1.91 bits per heavy atom. The van der Waals surface area contributed by atoms with Crippen LogP contribution in [0.5, 0.6) is 5.75 Å². The third kappa shape index (κ3) is 3.65. The van der Waals surface area contributed by atoms with Crippen LogP contribution in [0.15, 0.2) is 30.5 Å². The largest absolute Gasteiger partial charge is 0.504 e. The summed E-state index contributed by atoms with van der Waals surface area (Å²) in [6, 6.07) is 7.76. The highest BCUT2D eigenvalue weighted by molar-refractivity contribution is 5.94. The van der Waals surface area contributed by atoms with Gasteiger partial charge in [-0.05, 0) is 30.5 Å². The molecule has 0 radical (unpaired) electrons. The Kier molecular flexibility index (Phi) is 4.82. The summed E-state index contributed by atoms with van der Waals surface area (Å²) in [6.45, 7) is 5.89. The molecule has 0 aliphatic rings. The molecule has 0 aliphatic heterocycles. The van der Waals surface area contributed by atoms with Crippen LogP contribution in [0.25, 0.3) is 5.69 Å². The van der Waals surface area contributed by atoms with Crippen LogP contribution >= 0.6 is 0 Å². The van der Waals surface area contributed by atoms with Crippen molar-refractivity contribution in [2.45, 2.75) is 32.8 Å². The normalized spacial score (nSPS) is 12.4. The molecule has 1 amide bonds. The van der Waals surface area contributed by atoms with Crippen LogP contribution in [0.3, 0.4) is 0 Å². The zero-order valence-electron chi connectivity index (χ0n) is 12.9. The highest BCUT2D eigenvalue weighted by Gasteiger charge is 2.17. The predicted octanol–water partition coefficient (Wildman–Crippen LogP) is 1.81. The van der Waals surface area contributed by atoms with Crippen molar-refractivity contribution in [2.24, 2.45) is 0 Å². The standard InChI is InChI=1S/C16H21N3O3/c1-10(2)12-4-6-13(7-5-12)19-9-14(21)15(18-19)16(22)17-8-11(3)20/h4-7,9-11,20-21H,8H2,1-3H3,(H,17,22). The Bertz CT molecular complexity index is 645. The van der Waals surface area contributed by atoms with Gasteiger partial charge in [-0.3, -0.25) is 4.79 Å². The van der Waals surface area contributed by atoms with E-state index in [0.717, 1.165) is 5.69 Å². The van der Waals surface area contributed by atoms with Crippen LogP contribution in [0.4, 0.5) is 0 Å². The van der Waals surface area contributed by atoms with Gasteiger partial charge >= 0.3 is 0 Å². The lowest BCUT2D eigenvalue weighted by molar-refractivity contribution is 0.0916. The molecule has 0 bridgehead atoms. The highest BCUT2D eigenvalue weighted by Crippen LogP contribution is 2.20. The molecule has 2 aromatic rings. The van der Waals surface area contributed by atoms with E-state index in [2.05, 4.69) is 24.3 Å². The van der Waals surface area contributed by atoms with Crippen molar-refractivity contribution >= 4 is 5.91 Å². The van der Waals surface area contributed by atoms with Gasteiger partial charge in [-0.1, -0.05) is 26.0 Å². The third-order valence-corrected chi connectivity index (χ3v) is 3.29. The summed E-state index contributed by atoms with van der Waals surface area (Å²) in [5.74, 6) is -0.283. The van der Waals surface area contributed by atoms with E-state index in [4.69, 9.17) is 5.11 Å². The van der Waals surface area contributed by atoms with Crippen molar-refractivity contribution in [3.8, 4) is 11.4 Å². The van der Waals surface area contributed by atoms with Crippen molar-refractivity contribution < 1.29 is 15.0 Å². The SMILES string of the molecule is CC(O)CNC(=O)c1nn(-c2ccc(C(C)C)cc2)cc1O. The van der Waals surface area contributed by atoms with E-state index >= 15 is 0 Å². The maximum Gasteiger partial charge on any atom is 0.275 e. The topological polar surface area (TPSA) is 87.4 Å². The molecule has 0 saturated carbocycles. The van der Waals surface area contributed by atoms with Gasteiger partial charge in [-0.25, -0.2) is 4.68 Å². The van der Waals surface area contributed by atoms with Crippen molar-refractivity contribution in [1.29, 1.82) is 0 Å². The van der Waals surface area contributed by atoms with E-state index in [9.17, 15) is 9.90 Å². The molecule has 6 nitrogen and oxygen atoms in total. The van der Waals surface area contributed by atoms with Gasteiger partial charge in [0.05, 0.1) is 18.0 Å². The molecule has 6 heteroatoms. The molecule has 0 spiro atoms. The number of hydrogen-bond donors (Lipinski definition) is 3. The molecule has 1 aromatic carbocycles. The minimum absolute atomic E-state index is 0.0615. The number of hydrogen-bond acceptors (Lipinski definition) is 4. The summed E-state index contributed by atoms with van der Waals surface area (Å²) in [7, 11) is 0. The number of aliphatic hydroxyl groups is 1. The van der Waals surface area contributed by atoms with E-state index in [-0.39, 0.29) is 18.0 Å². The first-order chi connectivity index (χ1) is 10.4. The number of amides is 1. The van der Waals surface area contributed by atoms with Crippen LogP contribution in [-0.2, 0) is 0 Å². The first-order valence-electron chi connectivity index (χ1n) is 7.23.